The molecule has 0 aliphatic carbocycles. The SMILES string of the molecule is COCc1cccc(C(=O)N(C)Cc2ccc(SC)cc2)c1. The van der Waals surface area contributed by atoms with Gasteiger partial charge in [0.25, 0.3) is 5.91 Å². The Morgan fingerprint density at radius 2 is 1.86 bits per heavy atom. The van der Waals surface area contributed by atoms with E-state index in [4.69, 9.17) is 4.74 Å². The highest BCUT2D eigenvalue weighted by Gasteiger charge is 2.12. The van der Waals surface area contributed by atoms with E-state index in [1.165, 1.54) is 4.90 Å². The van der Waals surface area contributed by atoms with Crippen molar-refractivity contribution in [3.8, 4) is 0 Å². The second-order valence-corrected chi connectivity index (χ2v) is 6.02. The van der Waals surface area contributed by atoms with Crippen LogP contribution in [0.15, 0.2) is 53.4 Å². The average molecular weight is 315 g/mol. The highest BCUT2D eigenvalue weighted by atomic mass is 32.2. The van der Waals surface area contributed by atoms with Crippen LogP contribution in [-0.4, -0.2) is 31.2 Å². The fraction of sp³-hybridized carbons (Fsp3) is 0.278. The third-order valence-corrected chi connectivity index (χ3v) is 4.15. The van der Waals surface area contributed by atoms with E-state index < -0.39 is 0 Å². The quantitative estimate of drug-likeness (QED) is 0.759. The lowest BCUT2D eigenvalue weighted by molar-refractivity contribution is 0.0784. The van der Waals surface area contributed by atoms with E-state index in [1.54, 1.807) is 23.8 Å². The molecule has 2 rings (SSSR count). The van der Waals surface area contributed by atoms with Crippen molar-refractivity contribution in [3.05, 3.63) is 65.2 Å². The molecular formula is C18H21NO2S. The smallest absolute Gasteiger partial charge is 0.253 e. The Balaban J connectivity index is 2.06. The van der Waals surface area contributed by atoms with E-state index in [2.05, 4.69) is 30.5 Å². The number of rotatable bonds is 6. The Bertz CT molecular complexity index is 625. The first-order chi connectivity index (χ1) is 10.6. The van der Waals surface area contributed by atoms with Crippen LogP contribution in [0.5, 0.6) is 0 Å². The number of amides is 1. The number of ether oxygens (including phenoxy) is 1. The van der Waals surface area contributed by atoms with E-state index in [9.17, 15) is 4.79 Å². The number of thioether (sulfide) groups is 1. The number of carbonyl (C=O) groups excluding carboxylic acids is 1. The van der Waals surface area contributed by atoms with Gasteiger partial charge in [0.1, 0.15) is 0 Å². The molecule has 0 fully saturated rings. The lowest BCUT2D eigenvalue weighted by Crippen LogP contribution is -2.26. The number of hydrogen-bond donors (Lipinski definition) is 0. The summed E-state index contributed by atoms with van der Waals surface area (Å²) in [7, 11) is 3.48. The van der Waals surface area contributed by atoms with Crippen molar-refractivity contribution < 1.29 is 9.53 Å². The van der Waals surface area contributed by atoms with Gasteiger partial charge in [0.05, 0.1) is 6.61 Å². The average Bonchev–Trinajstić information content (AvgIpc) is 2.55. The van der Waals surface area contributed by atoms with Gasteiger partial charge in [-0.05, 0) is 41.6 Å². The first-order valence-corrected chi connectivity index (χ1v) is 8.33. The standard InChI is InChI=1S/C18H21NO2S/c1-19(12-14-7-9-17(22-3)10-8-14)18(20)16-6-4-5-15(11-16)13-21-2/h4-11H,12-13H2,1-3H3. The molecule has 22 heavy (non-hydrogen) atoms. The van der Waals surface area contributed by atoms with Crippen molar-refractivity contribution in [1.82, 2.24) is 4.90 Å². The van der Waals surface area contributed by atoms with Crippen molar-refractivity contribution in [2.45, 2.75) is 18.0 Å². The number of benzene rings is 2. The van der Waals surface area contributed by atoms with E-state index >= 15 is 0 Å². The Labute approximate surface area is 136 Å². The van der Waals surface area contributed by atoms with Gasteiger partial charge in [0.2, 0.25) is 0 Å². The van der Waals surface area contributed by atoms with Crippen LogP contribution in [-0.2, 0) is 17.9 Å². The molecule has 0 aliphatic rings. The summed E-state index contributed by atoms with van der Waals surface area (Å²) in [4.78, 5) is 15.5. The molecule has 0 aromatic heterocycles. The second kappa shape index (κ2) is 8.01. The highest BCUT2D eigenvalue weighted by molar-refractivity contribution is 7.98. The zero-order valence-electron chi connectivity index (χ0n) is 13.2. The van der Waals surface area contributed by atoms with Crippen LogP contribution in [0.3, 0.4) is 0 Å². The van der Waals surface area contributed by atoms with Gasteiger partial charge in [-0.25, -0.2) is 0 Å². The number of carbonyl (C=O) groups is 1. The van der Waals surface area contributed by atoms with Gasteiger partial charge in [0.15, 0.2) is 0 Å². The predicted molar refractivity (Wildman–Crippen MR) is 91.2 cm³/mol. The predicted octanol–water partition coefficient (Wildman–Crippen LogP) is 3.83. The summed E-state index contributed by atoms with van der Waals surface area (Å²) in [6, 6.07) is 15.9. The fourth-order valence-corrected chi connectivity index (χ4v) is 2.67. The minimum atomic E-state index is 0.0203. The summed E-state index contributed by atoms with van der Waals surface area (Å²) in [5.41, 5.74) is 2.82. The Hall–Kier alpha value is -1.78. The maximum absolute atomic E-state index is 12.5. The molecule has 4 heteroatoms. The number of methoxy groups -OCH3 is 1. The third kappa shape index (κ3) is 4.36. The van der Waals surface area contributed by atoms with Crippen molar-refractivity contribution in [2.24, 2.45) is 0 Å². The van der Waals surface area contributed by atoms with Crippen LogP contribution in [0, 0.1) is 0 Å². The van der Waals surface area contributed by atoms with Gasteiger partial charge < -0.3 is 9.64 Å². The van der Waals surface area contributed by atoms with Crippen LogP contribution in [0.25, 0.3) is 0 Å². The number of hydrogen-bond acceptors (Lipinski definition) is 3. The molecule has 2 aromatic rings. The summed E-state index contributed by atoms with van der Waals surface area (Å²) in [6.07, 6.45) is 2.05. The molecule has 0 aliphatic heterocycles. The summed E-state index contributed by atoms with van der Waals surface area (Å²) in [6.45, 7) is 1.11. The van der Waals surface area contributed by atoms with E-state index in [1.807, 2.05) is 31.3 Å². The monoisotopic (exact) mass is 315 g/mol. The zero-order chi connectivity index (χ0) is 15.9. The van der Waals surface area contributed by atoms with Gasteiger partial charge >= 0.3 is 0 Å². The van der Waals surface area contributed by atoms with E-state index in [0.29, 0.717) is 18.7 Å². The summed E-state index contributed by atoms with van der Waals surface area (Å²) >= 11 is 1.71. The molecule has 0 bridgehead atoms. The minimum absolute atomic E-state index is 0.0203. The van der Waals surface area contributed by atoms with Crippen LogP contribution in [0.1, 0.15) is 21.5 Å². The van der Waals surface area contributed by atoms with Gasteiger partial charge in [-0.3, -0.25) is 4.79 Å². The topological polar surface area (TPSA) is 29.5 Å². The maximum Gasteiger partial charge on any atom is 0.253 e. The summed E-state index contributed by atoms with van der Waals surface area (Å²) < 4.78 is 5.11. The van der Waals surface area contributed by atoms with Crippen molar-refractivity contribution in [2.75, 3.05) is 20.4 Å². The normalized spacial score (nSPS) is 10.5. The second-order valence-electron chi connectivity index (χ2n) is 5.14. The molecule has 0 saturated heterocycles. The molecule has 3 nitrogen and oxygen atoms in total. The molecule has 0 atom stereocenters. The molecule has 0 unspecified atom stereocenters. The molecule has 0 spiro atoms. The van der Waals surface area contributed by atoms with E-state index in [-0.39, 0.29) is 5.91 Å². The molecule has 116 valence electrons. The molecule has 0 N–H and O–H groups in total. The largest absolute Gasteiger partial charge is 0.380 e. The highest BCUT2D eigenvalue weighted by Crippen LogP contribution is 2.16. The van der Waals surface area contributed by atoms with Crippen molar-refractivity contribution in [3.63, 3.8) is 0 Å². The molecule has 0 saturated carbocycles. The first kappa shape index (κ1) is 16.6. The third-order valence-electron chi connectivity index (χ3n) is 3.41. The van der Waals surface area contributed by atoms with Gasteiger partial charge in [-0.15, -0.1) is 11.8 Å². The summed E-state index contributed by atoms with van der Waals surface area (Å²) in [5, 5.41) is 0. The van der Waals surface area contributed by atoms with Gasteiger partial charge in [-0.2, -0.15) is 0 Å². The molecule has 0 radical (unpaired) electrons. The Kier molecular flexibility index (Phi) is 6.04. The zero-order valence-corrected chi connectivity index (χ0v) is 14.0. The van der Waals surface area contributed by atoms with Gasteiger partial charge in [-0.1, -0.05) is 24.3 Å². The Morgan fingerprint density at radius 3 is 2.50 bits per heavy atom. The Morgan fingerprint density at radius 1 is 1.14 bits per heavy atom. The first-order valence-electron chi connectivity index (χ1n) is 7.10. The molecular weight excluding hydrogens is 294 g/mol. The minimum Gasteiger partial charge on any atom is -0.380 e. The fourth-order valence-electron chi connectivity index (χ4n) is 2.26. The van der Waals surface area contributed by atoms with Crippen molar-refractivity contribution >= 4 is 17.7 Å². The lowest BCUT2D eigenvalue weighted by Gasteiger charge is -2.18. The summed E-state index contributed by atoms with van der Waals surface area (Å²) in [5.74, 6) is 0.0203. The molecule has 1 amide bonds. The van der Waals surface area contributed by atoms with E-state index in [0.717, 1.165) is 11.1 Å². The maximum atomic E-state index is 12.5. The van der Waals surface area contributed by atoms with Crippen LogP contribution >= 0.6 is 11.8 Å². The number of nitrogens with zero attached hydrogens (tertiary/aromatic N) is 1. The lowest BCUT2D eigenvalue weighted by atomic mass is 10.1. The molecule has 0 heterocycles. The van der Waals surface area contributed by atoms with Crippen LogP contribution in [0.2, 0.25) is 0 Å². The van der Waals surface area contributed by atoms with Crippen LogP contribution < -0.4 is 0 Å². The van der Waals surface area contributed by atoms with Crippen molar-refractivity contribution in [1.29, 1.82) is 0 Å². The molecule has 2 aromatic carbocycles. The van der Waals surface area contributed by atoms with Gasteiger partial charge in [0, 0.05) is 31.2 Å². The van der Waals surface area contributed by atoms with Crippen LogP contribution in [0.4, 0.5) is 0 Å².